The van der Waals surface area contributed by atoms with Gasteiger partial charge in [-0.15, -0.1) is 0 Å². The predicted octanol–water partition coefficient (Wildman–Crippen LogP) is 0.376. The molecule has 1 heterocycles. The van der Waals surface area contributed by atoms with E-state index in [4.69, 9.17) is 10.8 Å². The Hall–Kier alpha value is -0.610. The van der Waals surface area contributed by atoms with Crippen molar-refractivity contribution in [1.29, 1.82) is 0 Å². The first-order valence-corrected chi connectivity index (χ1v) is 5.04. The van der Waals surface area contributed by atoms with Gasteiger partial charge in [-0.2, -0.15) is 0 Å². The molecule has 0 spiro atoms. The molecule has 1 fully saturated rings. The molecule has 4 nitrogen and oxygen atoms in total. The average molecular weight is 200 g/mol. The SMILES string of the molecule is CC1CN(CC(C)(C)C(=O)O)CC1N. The first kappa shape index (κ1) is 11.5. The zero-order chi connectivity index (χ0) is 10.9. The van der Waals surface area contributed by atoms with Crippen LogP contribution in [0.3, 0.4) is 0 Å². The van der Waals surface area contributed by atoms with Crippen molar-refractivity contribution < 1.29 is 9.90 Å². The molecule has 0 amide bonds. The minimum absolute atomic E-state index is 0.194. The summed E-state index contributed by atoms with van der Waals surface area (Å²) in [6.07, 6.45) is 0. The Bertz CT molecular complexity index is 218. The Labute approximate surface area is 85.1 Å². The fraction of sp³-hybridized carbons (Fsp3) is 0.900. The number of nitrogens with zero attached hydrogens (tertiary/aromatic N) is 1. The van der Waals surface area contributed by atoms with E-state index in [0.29, 0.717) is 12.5 Å². The highest BCUT2D eigenvalue weighted by Crippen LogP contribution is 2.22. The maximum absolute atomic E-state index is 10.9. The Balaban J connectivity index is 2.50. The molecule has 2 atom stereocenters. The van der Waals surface area contributed by atoms with Gasteiger partial charge in [-0.25, -0.2) is 0 Å². The van der Waals surface area contributed by atoms with E-state index < -0.39 is 11.4 Å². The van der Waals surface area contributed by atoms with Crippen LogP contribution in [0, 0.1) is 11.3 Å². The third-order valence-electron chi connectivity index (χ3n) is 2.94. The minimum atomic E-state index is -0.745. The lowest BCUT2D eigenvalue weighted by Crippen LogP contribution is -2.39. The molecule has 1 aliphatic rings. The van der Waals surface area contributed by atoms with E-state index in [2.05, 4.69) is 11.8 Å². The van der Waals surface area contributed by atoms with Crippen molar-refractivity contribution in [1.82, 2.24) is 4.90 Å². The summed E-state index contributed by atoms with van der Waals surface area (Å²) < 4.78 is 0. The first-order chi connectivity index (χ1) is 6.33. The van der Waals surface area contributed by atoms with Crippen molar-refractivity contribution in [3.63, 3.8) is 0 Å². The third kappa shape index (κ3) is 2.45. The zero-order valence-electron chi connectivity index (χ0n) is 9.16. The number of carboxylic acid groups (broad SMARTS) is 1. The fourth-order valence-corrected chi connectivity index (χ4v) is 1.85. The highest BCUT2D eigenvalue weighted by Gasteiger charge is 2.34. The van der Waals surface area contributed by atoms with Crippen molar-refractivity contribution in [2.24, 2.45) is 17.1 Å². The molecule has 1 aliphatic heterocycles. The van der Waals surface area contributed by atoms with Gasteiger partial charge in [0, 0.05) is 25.7 Å². The van der Waals surface area contributed by atoms with Crippen molar-refractivity contribution in [3.8, 4) is 0 Å². The summed E-state index contributed by atoms with van der Waals surface area (Å²) in [4.78, 5) is 13.1. The Morgan fingerprint density at radius 2 is 2.14 bits per heavy atom. The third-order valence-corrected chi connectivity index (χ3v) is 2.94. The Morgan fingerprint density at radius 3 is 2.50 bits per heavy atom. The predicted molar refractivity (Wildman–Crippen MR) is 55.0 cm³/mol. The molecule has 0 aromatic heterocycles. The molecule has 3 N–H and O–H groups in total. The van der Waals surface area contributed by atoms with E-state index in [0.717, 1.165) is 13.1 Å². The van der Waals surface area contributed by atoms with E-state index in [-0.39, 0.29) is 6.04 Å². The standard InChI is InChI=1S/C10H20N2O2/c1-7-4-12(5-8(7)11)6-10(2,3)9(13)14/h7-8H,4-6,11H2,1-3H3,(H,13,14). The molecule has 0 saturated carbocycles. The molecular formula is C10H20N2O2. The van der Waals surface area contributed by atoms with E-state index in [9.17, 15) is 4.79 Å². The number of likely N-dealkylation sites (tertiary alicyclic amines) is 1. The number of nitrogens with two attached hydrogens (primary N) is 1. The van der Waals surface area contributed by atoms with Crippen LogP contribution >= 0.6 is 0 Å². The molecule has 0 bridgehead atoms. The van der Waals surface area contributed by atoms with Crippen LogP contribution in [-0.4, -0.2) is 41.7 Å². The van der Waals surface area contributed by atoms with Gasteiger partial charge in [0.1, 0.15) is 0 Å². The minimum Gasteiger partial charge on any atom is -0.481 e. The van der Waals surface area contributed by atoms with Gasteiger partial charge in [-0.1, -0.05) is 6.92 Å². The van der Waals surface area contributed by atoms with Crippen LogP contribution in [-0.2, 0) is 4.79 Å². The molecule has 0 aromatic carbocycles. The average Bonchev–Trinajstić information content (AvgIpc) is 2.29. The van der Waals surface area contributed by atoms with E-state index in [1.165, 1.54) is 0 Å². The molecular weight excluding hydrogens is 180 g/mol. The lowest BCUT2D eigenvalue weighted by molar-refractivity contribution is -0.147. The van der Waals surface area contributed by atoms with Gasteiger partial charge in [0.25, 0.3) is 0 Å². The van der Waals surface area contributed by atoms with Crippen LogP contribution in [0.1, 0.15) is 20.8 Å². The van der Waals surface area contributed by atoms with Crippen LogP contribution in [0.2, 0.25) is 0 Å². The molecule has 82 valence electrons. The lowest BCUT2D eigenvalue weighted by atomic mass is 9.93. The summed E-state index contributed by atoms with van der Waals surface area (Å²) in [7, 11) is 0. The van der Waals surface area contributed by atoms with Gasteiger partial charge >= 0.3 is 5.97 Å². The van der Waals surface area contributed by atoms with Crippen molar-refractivity contribution in [3.05, 3.63) is 0 Å². The van der Waals surface area contributed by atoms with Crippen molar-refractivity contribution >= 4 is 5.97 Å². The number of aliphatic carboxylic acids is 1. The summed E-state index contributed by atoms with van der Waals surface area (Å²) in [6, 6.07) is 0.194. The monoisotopic (exact) mass is 200 g/mol. The maximum Gasteiger partial charge on any atom is 0.310 e. The van der Waals surface area contributed by atoms with Crippen LogP contribution in [0.15, 0.2) is 0 Å². The Kier molecular flexibility index (Phi) is 3.17. The summed E-state index contributed by atoms with van der Waals surface area (Å²) in [6.45, 7) is 7.93. The van der Waals surface area contributed by atoms with Crippen LogP contribution < -0.4 is 5.73 Å². The van der Waals surface area contributed by atoms with Gasteiger partial charge in [0.15, 0.2) is 0 Å². The summed E-state index contributed by atoms with van der Waals surface area (Å²) in [5, 5.41) is 8.98. The van der Waals surface area contributed by atoms with Crippen molar-refractivity contribution in [2.75, 3.05) is 19.6 Å². The van der Waals surface area contributed by atoms with E-state index >= 15 is 0 Å². The van der Waals surface area contributed by atoms with E-state index in [1.54, 1.807) is 13.8 Å². The van der Waals surface area contributed by atoms with Gasteiger partial charge < -0.3 is 15.7 Å². The fourth-order valence-electron chi connectivity index (χ4n) is 1.85. The van der Waals surface area contributed by atoms with Crippen molar-refractivity contribution in [2.45, 2.75) is 26.8 Å². The number of hydrogen-bond acceptors (Lipinski definition) is 3. The molecule has 0 aliphatic carbocycles. The van der Waals surface area contributed by atoms with Crippen LogP contribution in [0.4, 0.5) is 0 Å². The van der Waals surface area contributed by atoms with Crippen LogP contribution in [0.5, 0.6) is 0 Å². The molecule has 1 saturated heterocycles. The van der Waals surface area contributed by atoms with E-state index in [1.807, 2.05) is 0 Å². The molecule has 14 heavy (non-hydrogen) atoms. The van der Waals surface area contributed by atoms with Gasteiger partial charge in [0.05, 0.1) is 5.41 Å². The topological polar surface area (TPSA) is 66.6 Å². The normalized spacial score (nSPS) is 29.4. The van der Waals surface area contributed by atoms with Crippen LogP contribution in [0.25, 0.3) is 0 Å². The lowest BCUT2D eigenvalue weighted by Gasteiger charge is -2.26. The summed E-state index contributed by atoms with van der Waals surface area (Å²) >= 11 is 0. The molecule has 0 aromatic rings. The largest absolute Gasteiger partial charge is 0.481 e. The zero-order valence-corrected chi connectivity index (χ0v) is 9.16. The maximum atomic E-state index is 10.9. The number of carboxylic acids is 1. The summed E-state index contributed by atoms with van der Waals surface area (Å²) in [5.41, 5.74) is 5.20. The second-order valence-corrected chi connectivity index (χ2v) is 5.02. The number of carbonyl (C=O) groups is 1. The van der Waals surface area contributed by atoms with Gasteiger partial charge in [0.2, 0.25) is 0 Å². The summed E-state index contributed by atoms with van der Waals surface area (Å²) in [5.74, 6) is -0.273. The number of rotatable bonds is 3. The first-order valence-electron chi connectivity index (χ1n) is 5.04. The van der Waals surface area contributed by atoms with Gasteiger partial charge in [-0.3, -0.25) is 4.79 Å². The van der Waals surface area contributed by atoms with Gasteiger partial charge in [-0.05, 0) is 19.8 Å². The Morgan fingerprint density at radius 1 is 1.57 bits per heavy atom. The highest BCUT2D eigenvalue weighted by molar-refractivity contribution is 5.73. The second-order valence-electron chi connectivity index (χ2n) is 5.02. The molecule has 4 heteroatoms. The molecule has 0 radical (unpaired) electrons. The quantitative estimate of drug-likeness (QED) is 0.691. The molecule has 2 unspecified atom stereocenters. The molecule has 1 rings (SSSR count). The highest BCUT2D eigenvalue weighted by atomic mass is 16.4. The smallest absolute Gasteiger partial charge is 0.310 e. The second kappa shape index (κ2) is 3.87. The number of hydrogen-bond donors (Lipinski definition) is 2.